The summed E-state index contributed by atoms with van der Waals surface area (Å²) in [6.45, 7) is 7.47. The van der Waals surface area contributed by atoms with Gasteiger partial charge in [-0.3, -0.25) is 0 Å². The lowest BCUT2D eigenvalue weighted by molar-refractivity contribution is -0.197. The fourth-order valence-corrected chi connectivity index (χ4v) is 1.83. The molecule has 0 amide bonds. The molecule has 1 heterocycles. The molecule has 0 aromatic rings. The van der Waals surface area contributed by atoms with Gasteiger partial charge in [0.1, 0.15) is 0 Å². The van der Waals surface area contributed by atoms with E-state index in [0.717, 1.165) is 0 Å². The second-order valence-electron chi connectivity index (χ2n) is 3.43. The van der Waals surface area contributed by atoms with Gasteiger partial charge in [-0.05, 0) is 27.7 Å². The SMILES string of the molecule is CC1(C)OP([O-])OC1(C)C. The predicted molar refractivity (Wildman–Crippen MR) is 37.2 cm³/mol. The van der Waals surface area contributed by atoms with E-state index < -0.39 is 19.8 Å². The molecular weight excluding hydrogens is 151 g/mol. The van der Waals surface area contributed by atoms with Crippen molar-refractivity contribution in [2.75, 3.05) is 0 Å². The quantitative estimate of drug-likeness (QED) is 0.503. The molecule has 10 heavy (non-hydrogen) atoms. The van der Waals surface area contributed by atoms with Crippen LogP contribution in [0.25, 0.3) is 0 Å². The van der Waals surface area contributed by atoms with E-state index in [1.165, 1.54) is 0 Å². The molecule has 0 radical (unpaired) electrons. The van der Waals surface area contributed by atoms with Crippen molar-refractivity contribution < 1.29 is 13.9 Å². The topological polar surface area (TPSA) is 41.5 Å². The van der Waals surface area contributed by atoms with Crippen LogP contribution in [0.3, 0.4) is 0 Å². The summed E-state index contributed by atoms with van der Waals surface area (Å²) in [5.74, 6) is 0. The number of hydrogen-bond donors (Lipinski definition) is 0. The van der Waals surface area contributed by atoms with E-state index in [-0.39, 0.29) is 0 Å². The van der Waals surface area contributed by atoms with Crippen molar-refractivity contribution in [1.82, 2.24) is 0 Å². The zero-order valence-electron chi connectivity index (χ0n) is 6.67. The minimum absolute atomic E-state index is 0.444. The maximum Gasteiger partial charge on any atom is 0.0970 e. The fraction of sp³-hybridized carbons (Fsp3) is 1.00. The molecule has 0 aliphatic carbocycles. The zero-order valence-corrected chi connectivity index (χ0v) is 7.57. The molecular formula is C6H12O3P-. The Morgan fingerprint density at radius 1 is 1.00 bits per heavy atom. The van der Waals surface area contributed by atoms with Crippen LogP contribution < -0.4 is 4.89 Å². The van der Waals surface area contributed by atoms with Gasteiger partial charge in [0, 0.05) is 0 Å². The molecule has 0 saturated carbocycles. The first-order chi connectivity index (χ1) is 4.35. The lowest BCUT2D eigenvalue weighted by atomic mass is 9.90. The molecule has 0 atom stereocenters. The average molecular weight is 163 g/mol. The van der Waals surface area contributed by atoms with E-state index in [4.69, 9.17) is 9.05 Å². The van der Waals surface area contributed by atoms with Crippen LogP contribution in [-0.4, -0.2) is 11.2 Å². The van der Waals surface area contributed by atoms with Crippen molar-refractivity contribution >= 4 is 8.60 Å². The lowest BCUT2D eigenvalue weighted by Crippen LogP contribution is -2.41. The van der Waals surface area contributed by atoms with E-state index in [9.17, 15) is 4.89 Å². The second-order valence-corrected chi connectivity index (χ2v) is 4.24. The van der Waals surface area contributed by atoms with E-state index in [1.54, 1.807) is 0 Å². The first-order valence-corrected chi connectivity index (χ1v) is 4.30. The van der Waals surface area contributed by atoms with Crippen molar-refractivity contribution in [2.24, 2.45) is 0 Å². The standard InChI is InChI=1S/C6H12O3P/c1-5(2)6(3,4)9-10(7)8-5/h1-4H3/q-1. The van der Waals surface area contributed by atoms with E-state index in [1.807, 2.05) is 27.7 Å². The Balaban J connectivity index is 2.78. The summed E-state index contributed by atoms with van der Waals surface area (Å²) < 4.78 is 10.1. The van der Waals surface area contributed by atoms with Crippen LogP contribution in [0.5, 0.6) is 0 Å². The molecule has 0 spiro atoms. The molecule has 3 nitrogen and oxygen atoms in total. The normalized spacial score (nSPS) is 30.9. The maximum absolute atomic E-state index is 10.8. The molecule has 0 aromatic heterocycles. The number of hydrogen-bond acceptors (Lipinski definition) is 3. The highest BCUT2D eigenvalue weighted by atomic mass is 31.2. The average Bonchev–Trinajstić information content (AvgIpc) is 1.73. The van der Waals surface area contributed by atoms with E-state index in [0.29, 0.717) is 0 Å². The molecule has 1 rings (SSSR count). The molecule has 4 heteroatoms. The van der Waals surface area contributed by atoms with Gasteiger partial charge in [-0.25, -0.2) is 0 Å². The van der Waals surface area contributed by atoms with E-state index >= 15 is 0 Å². The van der Waals surface area contributed by atoms with Gasteiger partial charge >= 0.3 is 0 Å². The molecule has 1 aliphatic rings. The molecule has 60 valence electrons. The second kappa shape index (κ2) is 2.15. The van der Waals surface area contributed by atoms with Gasteiger partial charge in [-0.2, -0.15) is 0 Å². The van der Waals surface area contributed by atoms with Gasteiger partial charge in [-0.15, -0.1) is 0 Å². The number of rotatable bonds is 0. The highest BCUT2D eigenvalue weighted by Gasteiger charge is 2.46. The Morgan fingerprint density at radius 3 is 1.40 bits per heavy atom. The maximum atomic E-state index is 10.8. The Bertz CT molecular complexity index is 128. The molecule has 1 fully saturated rings. The van der Waals surface area contributed by atoms with Crippen LogP contribution in [0.15, 0.2) is 0 Å². The molecule has 0 aromatic carbocycles. The highest BCUT2D eigenvalue weighted by molar-refractivity contribution is 7.39. The van der Waals surface area contributed by atoms with Gasteiger partial charge in [0.2, 0.25) is 0 Å². The Labute approximate surface area is 62.3 Å². The third kappa shape index (κ3) is 1.19. The minimum atomic E-state index is -1.89. The van der Waals surface area contributed by atoms with Crippen LogP contribution >= 0.6 is 8.60 Å². The third-order valence-corrected chi connectivity index (χ3v) is 3.27. The summed E-state index contributed by atoms with van der Waals surface area (Å²) in [4.78, 5) is 10.8. The molecule has 0 unspecified atom stereocenters. The van der Waals surface area contributed by atoms with Crippen LogP contribution in [0, 0.1) is 0 Å². The lowest BCUT2D eigenvalue weighted by Gasteiger charge is -2.30. The van der Waals surface area contributed by atoms with Crippen molar-refractivity contribution in [3.05, 3.63) is 0 Å². The zero-order chi connectivity index (χ0) is 7.99. The third-order valence-electron chi connectivity index (χ3n) is 2.06. The van der Waals surface area contributed by atoms with Crippen molar-refractivity contribution in [2.45, 2.75) is 38.9 Å². The summed E-state index contributed by atoms with van der Waals surface area (Å²) in [5, 5.41) is 0. The summed E-state index contributed by atoms with van der Waals surface area (Å²) in [5.41, 5.74) is -0.888. The highest BCUT2D eigenvalue weighted by Crippen LogP contribution is 2.52. The Morgan fingerprint density at radius 2 is 1.30 bits per heavy atom. The molecule has 0 N–H and O–H groups in total. The monoisotopic (exact) mass is 163 g/mol. The molecule has 0 bridgehead atoms. The van der Waals surface area contributed by atoms with Crippen molar-refractivity contribution in [3.63, 3.8) is 0 Å². The summed E-state index contributed by atoms with van der Waals surface area (Å²) in [6.07, 6.45) is 0. The predicted octanol–water partition coefficient (Wildman–Crippen LogP) is 1.18. The molecule has 1 saturated heterocycles. The van der Waals surface area contributed by atoms with Crippen LogP contribution in [0.2, 0.25) is 0 Å². The minimum Gasteiger partial charge on any atom is -0.786 e. The fourth-order valence-electron chi connectivity index (χ4n) is 0.611. The van der Waals surface area contributed by atoms with E-state index in [2.05, 4.69) is 0 Å². The first kappa shape index (κ1) is 8.41. The van der Waals surface area contributed by atoms with Crippen LogP contribution in [0.4, 0.5) is 0 Å². The van der Waals surface area contributed by atoms with Gasteiger partial charge in [-0.1, -0.05) is 0 Å². The van der Waals surface area contributed by atoms with Crippen LogP contribution in [0.1, 0.15) is 27.7 Å². The Kier molecular flexibility index (Phi) is 1.80. The summed E-state index contributed by atoms with van der Waals surface area (Å²) >= 11 is 0. The summed E-state index contributed by atoms with van der Waals surface area (Å²) in [7, 11) is -1.89. The van der Waals surface area contributed by atoms with Gasteiger partial charge in [0.25, 0.3) is 0 Å². The van der Waals surface area contributed by atoms with Crippen molar-refractivity contribution in [3.8, 4) is 0 Å². The molecule has 1 aliphatic heterocycles. The van der Waals surface area contributed by atoms with Crippen molar-refractivity contribution in [1.29, 1.82) is 0 Å². The summed E-state index contributed by atoms with van der Waals surface area (Å²) in [6, 6.07) is 0. The largest absolute Gasteiger partial charge is 0.786 e. The Hall–Kier alpha value is 0.310. The first-order valence-electron chi connectivity index (χ1n) is 3.21. The van der Waals surface area contributed by atoms with Gasteiger partial charge in [0.05, 0.1) is 19.8 Å². The van der Waals surface area contributed by atoms with Crippen LogP contribution in [-0.2, 0) is 9.05 Å². The van der Waals surface area contributed by atoms with Gasteiger partial charge in [0.15, 0.2) is 0 Å². The smallest absolute Gasteiger partial charge is 0.0970 e. The van der Waals surface area contributed by atoms with Gasteiger partial charge < -0.3 is 13.9 Å².